The van der Waals surface area contributed by atoms with E-state index in [4.69, 9.17) is 9.84 Å². The fraction of sp³-hybridized carbons (Fsp3) is 0.750. The molecule has 0 saturated carbocycles. The molecule has 10 heavy (non-hydrogen) atoms. The zero-order valence-electron chi connectivity index (χ0n) is 6.77. The highest BCUT2D eigenvalue weighted by molar-refractivity contribution is 5.05. The lowest BCUT2D eigenvalue weighted by molar-refractivity contribution is 0.141. The van der Waals surface area contributed by atoms with Gasteiger partial charge in [-0.3, -0.25) is 0 Å². The van der Waals surface area contributed by atoms with E-state index in [0.717, 1.165) is 6.42 Å². The minimum atomic E-state index is -0.937. The fourth-order valence-corrected chi connectivity index (χ4v) is 0.314. The van der Waals surface area contributed by atoms with Gasteiger partial charge in [-0.05, 0) is 26.2 Å². The van der Waals surface area contributed by atoms with Gasteiger partial charge in [0, 0.05) is 0 Å². The molecule has 0 aliphatic heterocycles. The molecular weight excluding hydrogens is 128 g/mol. The highest BCUT2D eigenvalue weighted by Crippen LogP contribution is 1.95. The molecule has 0 aromatic carbocycles. The number of hydrogen-bond donors (Lipinski definition) is 1. The Labute approximate surface area is 62.2 Å². The minimum Gasteiger partial charge on any atom is -0.447 e. The summed E-state index contributed by atoms with van der Waals surface area (Å²) in [7, 11) is 0. The standard InChI is InChI=1S/C8H14O2/c1-4-6-10-7-5-8(2,3)9/h9H,4,6H2,1-3H3. The smallest absolute Gasteiger partial charge is 0.123 e. The van der Waals surface area contributed by atoms with Crippen LogP contribution < -0.4 is 0 Å². The lowest BCUT2D eigenvalue weighted by atomic mass is 10.2. The summed E-state index contributed by atoms with van der Waals surface area (Å²) in [5.74, 6) is 2.54. The van der Waals surface area contributed by atoms with Crippen molar-refractivity contribution in [2.45, 2.75) is 32.8 Å². The maximum atomic E-state index is 9.06. The van der Waals surface area contributed by atoms with Crippen molar-refractivity contribution < 1.29 is 9.84 Å². The third-order valence-electron chi connectivity index (χ3n) is 0.735. The van der Waals surface area contributed by atoms with E-state index in [9.17, 15) is 0 Å². The zero-order chi connectivity index (χ0) is 8.04. The molecule has 0 fully saturated rings. The molecule has 0 aromatic heterocycles. The first kappa shape index (κ1) is 9.32. The average Bonchev–Trinajstić information content (AvgIpc) is 1.78. The van der Waals surface area contributed by atoms with Gasteiger partial charge in [0.1, 0.15) is 11.7 Å². The van der Waals surface area contributed by atoms with Gasteiger partial charge in [-0.15, -0.1) is 0 Å². The molecule has 0 aliphatic rings. The molecule has 0 saturated heterocycles. The van der Waals surface area contributed by atoms with Crippen molar-refractivity contribution in [3.05, 3.63) is 0 Å². The van der Waals surface area contributed by atoms with E-state index in [1.807, 2.05) is 6.92 Å². The average molecular weight is 142 g/mol. The molecule has 58 valence electrons. The summed E-state index contributed by atoms with van der Waals surface area (Å²) in [6, 6.07) is 0. The normalized spacial score (nSPS) is 10.0. The van der Waals surface area contributed by atoms with E-state index >= 15 is 0 Å². The summed E-state index contributed by atoms with van der Waals surface area (Å²) in [6.45, 7) is 5.87. The molecule has 0 aliphatic carbocycles. The Bertz CT molecular complexity index is 134. The molecule has 2 heteroatoms. The molecule has 0 heterocycles. The van der Waals surface area contributed by atoms with E-state index in [0.29, 0.717) is 6.61 Å². The van der Waals surface area contributed by atoms with Crippen LogP contribution in [0.2, 0.25) is 0 Å². The highest BCUT2D eigenvalue weighted by Gasteiger charge is 2.05. The third kappa shape index (κ3) is 7.32. The van der Waals surface area contributed by atoms with Gasteiger partial charge < -0.3 is 9.84 Å². The minimum absolute atomic E-state index is 0.628. The molecule has 0 aromatic rings. The molecule has 1 N–H and O–H groups in total. The van der Waals surface area contributed by atoms with Crippen LogP contribution >= 0.6 is 0 Å². The molecule has 0 bridgehead atoms. The van der Waals surface area contributed by atoms with Crippen molar-refractivity contribution in [3.8, 4) is 12.0 Å². The molecule has 0 radical (unpaired) electrons. The van der Waals surface area contributed by atoms with Gasteiger partial charge in [0.2, 0.25) is 0 Å². The number of rotatable bonds is 2. The number of ether oxygens (including phenoxy) is 1. The predicted molar refractivity (Wildman–Crippen MR) is 40.3 cm³/mol. The Hall–Kier alpha value is -0.680. The molecule has 0 unspecified atom stereocenters. The van der Waals surface area contributed by atoms with Crippen LogP contribution in [-0.2, 0) is 4.74 Å². The van der Waals surface area contributed by atoms with E-state index in [-0.39, 0.29) is 0 Å². The molecule has 0 spiro atoms. The Morgan fingerprint density at radius 2 is 2.10 bits per heavy atom. The molecule has 0 amide bonds. The summed E-state index contributed by atoms with van der Waals surface area (Å²) < 4.78 is 4.84. The Morgan fingerprint density at radius 3 is 2.50 bits per heavy atom. The maximum absolute atomic E-state index is 9.06. The molecular formula is C8H14O2. The predicted octanol–water partition coefficient (Wildman–Crippen LogP) is 1.14. The molecule has 0 atom stereocenters. The van der Waals surface area contributed by atoms with Gasteiger partial charge in [-0.25, -0.2) is 0 Å². The van der Waals surface area contributed by atoms with E-state index in [1.54, 1.807) is 13.8 Å². The van der Waals surface area contributed by atoms with Gasteiger partial charge in [-0.1, -0.05) is 6.92 Å². The summed E-state index contributed by atoms with van der Waals surface area (Å²) >= 11 is 0. The molecule has 0 rings (SSSR count). The van der Waals surface area contributed by atoms with Crippen LogP contribution in [0.15, 0.2) is 0 Å². The van der Waals surface area contributed by atoms with Crippen molar-refractivity contribution >= 4 is 0 Å². The van der Waals surface area contributed by atoms with Gasteiger partial charge >= 0.3 is 0 Å². The number of hydrogen-bond acceptors (Lipinski definition) is 2. The van der Waals surface area contributed by atoms with Crippen LogP contribution in [0.5, 0.6) is 0 Å². The molecule has 2 nitrogen and oxygen atoms in total. The second-order valence-corrected chi connectivity index (χ2v) is 2.63. The zero-order valence-corrected chi connectivity index (χ0v) is 6.77. The quantitative estimate of drug-likeness (QED) is 0.463. The van der Waals surface area contributed by atoms with Gasteiger partial charge in [0.25, 0.3) is 0 Å². The maximum Gasteiger partial charge on any atom is 0.123 e. The van der Waals surface area contributed by atoms with Gasteiger partial charge in [0.05, 0.1) is 6.61 Å². The Balaban J connectivity index is 3.50. The van der Waals surface area contributed by atoms with Crippen LogP contribution in [0, 0.1) is 12.0 Å². The summed E-state index contributed by atoms with van der Waals surface area (Å²) in [5.41, 5.74) is -0.937. The van der Waals surface area contributed by atoms with E-state index in [1.165, 1.54) is 0 Å². The van der Waals surface area contributed by atoms with Crippen LogP contribution in [0.25, 0.3) is 0 Å². The number of aliphatic hydroxyl groups is 1. The van der Waals surface area contributed by atoms with Crippen LogP contribution in [-0.4, -0.2) is 17.3 Å². The topological polar surface area (TPSA) is 29.5 Å². The third-order valence-corrected chi connectivity index (χ3v) is 0.735. The van der Waals surface area contributed by atoms with Gasteiger partial charge in [0.15, 0.2) is 0 Å². The second-order valence-electron chi connectivity index (χ2n) is 2.63. The van der Waals surface area contributed by atoms with Gasteiger partial charge in [-0.2, -0.15) is 0 Å². The summed E-state index contributed by atoms with van der Waals surface area (Å²) in [4.78, 5) is 0. The van der Waals surface area contributed by atoms with Crippen molar-refractivity contribution in [2.75, 3.05) is 6.61 Å². The summed E-state index contributed by atoms with van der Waals surface area (Å²) in [6.07, 6.45) is 3.37. The first-order valence-corrected chi connectivity index (χ1v) is 3.42. The van der Waals surface area contributed by atoms with Crippen LogP contribution in [0.4, 0.5) is 0 Å². The van der Waals surface area contributed by atoms with E-state index in [2.05, 4.69) is 12.0 Å². The lowest BCUT2D eigenvalue weighted by Crippen LogP contribution is -2.14. The highest BCUT2D eigenvalue weighted by atomic mass is 16.5. The van der Waals surface area contributed by atoms with Crippen molar-refractivity contribution in [3.63, 3.8) is 0 Å². The van der Waals surface area contributed by atoms with Crippen LogP contribution in [0.3, 0.4) is 0 Å². The first-order valence-electron chi connectivity index (χ1n) is 3.42. The van der Waals surface area contributed by atoms with Crippen molar-refractivity contribution in [1.29, 1.82) is 0 Å². The SMILES string of the molecule is CCCOC#CC(C)(C)O. The lowest BCUT2D eigenvalue weighted by Gasteiger charge is -2.05. The van der Waals surface area contributed by atoms with Crippen molar-refractivity contribution in [2.24, 2.45) is 0 Å². The largest absolute Gasteiger partial charge is 0.447 e. The van der Waals surface area contributed by atoms with Crippen LogP contribution in [0.1, 0.15) is 27.2 Å². The van der Waals surface area contributed by atoms with Crippen molar-refractivity contribution in [1.82, 2.24) is 0 Å². The Morgan fingerprint density at radius 1 is 1.50 bits per heavy atom. The fourth-order valence-electron chi connectivity index (χ4n) is 0.314. The monoisotopic (exact) mass is 142 g/mol. The van der Waals surface area contributed by atoms with E-state index < -0.39 is 5.60 Å². The summed E-state index contributed by atoms with van der Waals surface area (Å²) in [5, 5.41) is 9.06. The first-order chi connectivity index (χ1) is 4.56. The second kappa shape index (κ2) is 4.19. The Kier molecular flexibility index (Phi) is 3.90.